The minimum Gasteiger partial charge on any atom is -0.497 e. The summed E-state index contributed by atoms with van der Waals surface area (Å²) >= 11 is 1.45. The fraction of sp³-hybridized carbons (Fsp3) is 0.345. The van der Waals surface area contributed by atoms with Gasteiger partial charge in [-0.2, -0.15) is 0 Å². The molecule has 2 N–H and O–H groups in total. The molecule has 8 nitrogen and oxygen atoms in total. The zero-order chi connectivity index (χ0) is 27.2. The van der Waals surface area contributed by atoms with Crippen molar-refractivity contribution in [3.63, 3.8) is 0 Å². The van der Waals surface area contributed by atoms with Gasteiger partial charge in [0.1, 0.15) is 16.5 Å². The van der Waals surface area contributed by atoms with Crippen LogP contribution in [0.3, 0.4) is 0 Å². The average Bonchev–Trinajstić information content (AvgIpc) is 3.26. The molecule has 2 atom stereocenters. The molecular formula is C29H32N2O6S. The molecule has 0 spiro atoms. The number of benzene rings is 2. The third-order valence-electron chi connectivity index (χ3n) is 6.37. The van der Waals surface area contributed by atoms with Crippen LogP contribution in [0.1, 0.15) is 58.3 Å². The molecule has 2 aromatic carbocycles. The standard InChI is InChI=1S/C29H32N2O6S/c1-5-36-29(34)25-23-15-6-17(2)16-24(23)38-28(25)31-27(33)19-7-11-22(12-8-19)37-18(3)26(32)30-20-9-13-21(35-4)14-10-20/h7-14,17-18H,5-6,15-16H2,1-4H3,(H,30,32)(H,31,33)/t17-,18-/m0/s1. The fourth-order valence-electron chi connectivity index (χ4n) is 4.29. The van der Waals surface area contributed by atoms with E-state index in [4.69, 9.17) is 14.2 Å². The van der Waals surface area contributed by atoms with Crippen LogP contribution in [0.25, 0.3) is 0 Å². The Morgan fingerprint density at radius 3 is 2.37 bits per heavy atom. The van der Waals surface area contributed by atoms with Crippen molar-refractivity contribution in [2.24, 2.45) is 5.92 Å². The lowest BCUT2D eigenvalue weighted by atomic mass is 9.88. The summed E-state index contributed by atoms with van der Waals surface area (Å²) < 4.78 is 16.2. The molecule has 0 unspecified atom stereocenters. The molecule has 1 heterocycles. The number of methoxy groups -OCH3 is 1. The molecule has 3 aromatic rings. The largest absolute Gasteiger partial charge is 0.497 e. The molecule has 38 heavy (non-hydrogen) atoms. The second-order valence-electron chi connectivity index (χ2n) is 9.23. The molecule has 0 saturated carbocycles. The maximum atomic E-state index is 13.0. The Morgan fingerprint density at radius 1 is 1.03 bits per heavy atom. The molecule has 9 heteroatoms. The minimum atomic E-state index is -0.760. The van der Waals surface area contributed by atoms with Crippen molar-refractivity contribution < 1.29 is 28.6 Å². The molecule has 1 aliphatic rings. The molecular weight excluding hydrogens is 504 g/mol. The summed E-state index contributed by atoms with van der Waals surface area (Å²) in [5, 5.41) is 6.24. The van der Waals surface area contributed by atoms with E-state index in [2.05, 4.69) is 17.6 Å². The summed E-state index contributed by atoms with van der Waals surface area (Å²) in [6.45, 7) is 5.88. The number of hydrogen-bond acceptors (Lipinski definition) is 7. The van der Waals surface area contributed by atoms with Crippen molar-refractivity contribution in [1.82, 2.24) is 0 Å². The summed E-state index contributed by atoms with van der Waals surface area (Å²) in [5.41, 5.74) is 2.50. The first kappa shape index (κ1) is 27.2. The number of ether oxygens (including phenoxy) is 3. The van der Waals surface area contributed by atoms with Crippen LogP contribution in [0.2, 0.25) is 0 Å². The van der Waals surface area contributed by atoms with E-state index in [0.717, 1.165) is 29.7 Å². The van der Waals surface area contributed by atoms with Crippen LogP contribution in [0, 0.1) is 5.92 Å². The van der Waals surface area contributed by atoms with E-state index in [1.54, 1.807) is 69.5 Å². The van der Waals surface area contributed by atoms with Gasteiger partial charge in [-0.25, -0.2) is 4.79 Å². The Bertz CT molecular complexity index is 1300. The highest BCUT2D eigenvalue weighted by Gasteiger charge is 2.29. The van der Waals surface area contributed by atoms with E-state index in [0.29, 0.717) is 39.2 Å². The number of carbonyl (C=O) groups is 3. The summed E-state index contributed by atoms with van der Waals surface area (Å²) in [6, 6.07) is 13.5. The second kappa shape index (κ2) is 12.1. The molecule has 4 rings (SSSR count). The summed E-state index contributed by atoms with van der Waals surface area (Å²) in [4.78, 5) is 39.4. The molecule has 0 aliphatic heterocycles. The van der Waals surface area contributed by atoms with Crippen molar-refractivity contribution in [2.75, 3.05) is 24.4 Å². The van der Waals surface area contributed by atoms with E-state index < -0.39 is 12.1 Å². The molecule has 0 bridgehead atoms. The molecule has 2 amide bonds. The number of rotatable bonds is 9. The highest BCUT2D eigenvalue weighted by atomic mass is 32.1. The lowest BCUT2D eigenvalue weighted by molar-refractivity contribution is -0.122. The zero-order valence-electron chi connectivity index (χ0n) is 22.0. The summed E-state index contributed by atoms with van der Waals surface area (Å²) in [5.74, 6) is 0.639. The van der Waals surface area contributed by atoms with Crippen LogP contribution < -0.4 is 20.1 Å². The average molecular weight is 537 g/mol. The van der Waals surface area contributed by atoms with E-state index in [1.165, 1.54) is 11.3 Å². The monoisotopic (exact) mass is 536 g/mol. The van der Waals surface area contributed by atoms with E-state index in [-0.39, 0.29) is 18.4 Å². The maximum absolute atomic E-state index is 13.0. The predicted molar refractivity (Wildman–Crippen MR) is 148 cm³/mol. The Kier molecular flexibility index (Phi) is 8.68. The molecule has 0 saturated heterocycles. The van der Waals surface area contributed by atoms with E-state index in [9.17, 15) is 14.4 Å². The fourth-order valence-corrected chi connectivity index (χ4v) is 5.69. The number of anilines is 2. The number of nitrogens with one attached hydrogen (secondary N) is 2. The van der Waals surface area contributed by atoms with Gasteiger partial charge in [-0.15, -0.1) is 11.3 Å². The van der Waals surface area contributed by atoms with Crippen LogP contribution in [0.5, 0.6) is 11.5 Å². The molecule has 1 aliphatic carbocycles. The first-order chi connectivity index (χ1) is 18.3. The van der Waals surface area contributed by atoms with Crippen LogP contribution in [0.4, 0.5) is 10.7 Å². The SMILES string of the molecule is CCOC(=O)c1c(NC(=O)c2ccc(O[C@@H](C)C(=O)Nc3ccc(OC)cc3)cc2)sc2c1CC[C@H](C)C2. The van der Waals surface area contributed by atoms with E-state index in [1.807, 2.05) is 0 Å². The zero-order valence-corrected chi connectivity index (χ0v) is 22.8. The molecule has 0 radical (unpaired) electrons. The Morgan fingerprint density at radius 2 is 1.71 bits per heavy atom. The van der Waals surface area contributed by atoms with Gasteiger partial charge < -0.3 is 24.8 Å². The van der Waals surface area contributed by atoms with E-state index >= 15 is 0 Å². The van der Waals surface area contributed by atoms with Crippen LogP contribution in [-0.4, -0.2) is 37.6 Å². The first-order valence-electron chi connectivity index (χ1n) is 12.6. The van der Waals surface area contributed by atoms with Gasteiger partial charge in [0.25, 0.3) is 11.8 Å². The summed E-state index contributed by atoms with van der Waals surface area (Å²) in [6.07, 6.45) is 1.93. The normalized spacial score (nSPS) is 15.1. The quantitative estimate of drug-likeness (QED) is 0.339. The highest BCUT2D eigenvalue weighted by molar-refractivity contribution is 7.17. The van der Waals surface area contributed by atoms with Crippen molar-refractivity contribution in [2.45, 2.75) is 46.1 Å². The maximum Gasteiger partial charge on any atom is 0.341 e. The number of amides is 2. The lowest BCUT2D eigenvalue weighted by Crippen LogP contribution is -2.30. The Hall–Kier alpha value is -3.85. The highest BCUT2D eigenvalue weighted by Crippen LogP contribution is 2.40. The number of hydrogen-bond donors (Lipinski definition) is 2. The predicted octanol–water partition coefficient (Wildman–Crippen LogP) is 5.72. The van der Waals surface area contributed by atoms with Gasteiger partial charge in [0.2, 0.25) is 0 Å². The number of thiophene rings is 1. The van der Waals surface area contributed by atoms with Crippen LogP contribution in [-0.2, 0) is 22.4 Å². The number of carbonyl (C=O) groups excluding carboxylic acids is 3. The summed E-state index contributed by atoms with van der Waals surface area (Å²) in [7, 11) is 1.58. The number of fused-ring (bicyclic) bond motifs is 1. The minimum absolute atomic E-state index is 0.269. The van der Waals surface area contributed by atoms with Gasteiger partial charge in [0.15, 0.2) is 6.10 Å². The number of esters is 1. The topological polar surface area (TPSA) is 103 Å². The second-order valence-corrected chi connectivity index (χ2v) is 10.3. The van der Waals surface area contributed by atoms with Crippen LogP contribution >= 0.6 is 11.3 Å². The van der Waals surface area contributed by atoms with Crippen molar-refractivity contribution in [1.29, 1.82) is 0 Å². The Balaban J connectivity index is 1.40. The van der Waals surface area contributed by atoms with Gasteiger partial charge in [0, 0.05) is 16.1 Å². The van der Waals surface area contributed by atoms with Crippen molar-refractivity contribution >= 4 is 39.8 Å². The smallest absolute Gasteiger partial charge is 0.341 e. The third-order valence-corrected chi connectivity index (χ3v) is 7.54. The van der Waals surface area contributed by atoms with Gasteiger partial charge in [-0.3, -0.25) is 9.59 Å². The van der Waals surface area contributed by atoms with Crippen molar-refractivity contribution in [3.05, 3.63) is 70.1 Å². The first-order valence-corrected chi connectivity index (χ1v) is 13.4. The van der Waals surface area contributed by atoms with Crippen molar-refractivity contribution in [3.8, 4) is 11.5 Å². The molecule has 200 valence electrons. The van der Waals surface area contributed by atoms with Gasteiger partial charge in [-0.05, 0) is 93.1 Å². The van der Waals surface area contributed by atoms with Gasteiger partial charge >= 0.3 is 5.97 Å². The Labute approximate surface area is 226 Å². The van der Waals surface area contributed by atoms with Crippen LogP contribution in [0.15, 0.2) is 48.5 Å². The third kappa shape index (κ3) is 6.34. The molecule has 0 fully saturated rings. The van der Waals surface area contributed by atoms with Gasteiger partial charge in [0.05, 0.1) is 19.3 Å². The molecule has 1 aromatic heterocycles. The van der Waals surface area contributed by atoms with Gasteiger partial charge in [-0.1, -0.05) is 6.92 Å². The lowest BCUT2D eigenvalue weighted by Gasteiger charge is -2.18.